The van der Waals surface area contributed by atoms with Crippen molar-refractivity contribution < 1.29 is 18.7 Å². The molecule has 19 heavy (non-hydrogen) atoms. The quantitative estimate of drug-likeness (QED) is 0.846. The maximum Gasteiger partial charge on any atom is 0.275 e. The number of halogens is 1. The summed E-state index contributed by atoms with van der Waals surface area (Å²) in [5.74, 6) is -0.457. The molecule has 1 saturated heterocycles. The molecular formula is C13H15FN2O3. The lowest BCUT2D eigenvalue weighted by atomic mass is 10.1. The molecule has 2 heterocycles. The largest absolute Gasteiger partial charge is 0.477 e. The summed E-state index contributed by atoms with van der Waals surface area (Å²) < 4.78 is 24.1. The molecule has 3 rings (SSSR count). The Balaban J connectivity index is 1.62. The van der Waals surface area contributed by atoms with Crippen LogP contribution in [0.2, 0.25) is 0 Å². The molecule has 2 aliphatic rings. The van der Waals surface area contributed by atoms with Crippen molar-refractivity contribution in [3.63, 3.8) is 0 Å². The Kier molecular flexibility index (Phi) is 3.35. The fourth-order valence-corrected chi connectivity index (χ4v) is 2.28. The average molecular weight is 266 g/mol. The number of fused-ring (bicyclic) bond motifs is 1. The molecule has 6 heteroatoms. The van der Waals surface area contributed by atoms with E-state index in [4.69, 9.17) is 9.47 Å². The van der Waals surface area contributed by atoms with Gasteiger partial charge in [-0.3, -0.25) is 10.2 Å². The zero-order chi connectivity index (χ0) is 13.2. The van der Waals surface area contributed by atoms with Crippen LogP contribution in [0, 0.1) is 5.82 Å². The number of ether oxygens (including phenoxy) is 2. The van der Waals surface area contributed by atoms with Crippen LogP contribution >= 0.6 is 0 Å². The molecule has 0 unspecified atom stereocenters. The number of rotatable bonds is 2. The predicted molar refractivity (Wildman–Crippen MR) is 65.1 cm³/mol. The lowest BCUT2D eigenvalue weighted by Crippen LogP contribution is -2.52. The molecule has 1 amide bonds. The fourth-order valence-electron chi connectivity index (χ4n) is 2.28. The summed E-state index contributed by atoms with van der Waals surface area (Å²) in [5.41, 5.74) is 3.52. The minimum Gasteiger partial charge on any atom is -0.477 e. The molecule has 102 valence electrons. The number of benzene rings is 1. The van der Waals surface area contributed by atoms with E-state index >= 15 is 0 Å². The monoisotopic (exact) mass is 266 g/mol. The van der Waals surface area contributed by atoms with Gasteiger partial charge in [-0.1, -0.05) is 12.1 Å². The zero-order valence-electron chi connectivity index (χ0n) is 10.4. The smallest absolute Gasteiger partial charge is 0.275 e. The van der Waals surface area contributed by atoms with E-state index in [0.29, 0.717) is 32.7 Å². The van der Waals surface area contributed by atoms with E-state index in [0.717, 1.165) is 5.56 Å². The SMILES string of the molecule is O=C(NN1CCOCC1)[C@H]1Cc2cccc(F)c2O1. The lowest BCUT2D eigenvalue weighted by molar-refractivity contribution is -0.134. The molecule has 2 aliphatic heterocycles. The number of amides is 1. The van der Waals surface area contributed by atoms with Crippen LogP contribution in [0.4, 0.5) is 4.39 Å². The Morgan fingerprint density at radius 1 is 1.37 bits per heavy atom. The van der Waals surface area contributed by atoms with Gasteiger partial charge in [0.05, 0.1) is 13.2 Å². The van der Waals surface area contributed by atoms with Gasteiger partial charge in [-0.05, 0) is 6.07 Å². The number of carbonyl (C=O) groups excluding carboxylic acids is 1. The van der Waals surface area contributed by atoms with Crippen molar-refractivity contribution in [1.82, 2.24) is 10.4 Å². The van der Waals surface area contributed by atoms with Crippen LogP contribution in [0.1, 0.15) is 5.56 Å². The molecule has 0 aliphatic carbocycles. The van der Waals surface area contributed by atoms with Gasteiger partial charge in [-0.15, -0.1) is 0 Å². The highest BCUT2D eigenvalue weighted by molar-refractivity contribution is 5.82. The van der Waals surface area contributed by atoms with E-state index in [1.165, 1.54) is 6.07 Å². The molecule has 0 bridgehead atoms. The second kappa shape index (κ2) is 5.14. The third kappa shape index (κ3) is 2.54. The van der Waals surface area contributed by atoms with E-state index in [1.807, 2.05) is 0 Å². The van der Waals surface area contributed by atoms with E-state index in [1.54, 1.807) is 17.1 Å². The summed E-state index contributed by atoms with van der Waals surface area (Å²) in [6, 6.07) is 4.74. The highest BCUT2D eigenvalue weighted by Gasteiger charge is 2.32. The number of nitrogens with zero attached hydrogens (tertiary/aromatic N) is 1. The first-order valence-electron chi connectivity index (χ1n) is 6.31. The van der Waals surface area contributed by atoms with Gasteiger partial charge in [0.1, 0.15) is 0 Å². The Hall–Kier alpha value is -1.66. The average Bonchev–Trinajstić information content (AvgIpc) is 2.85. The third-order valence-electron chi connectivity index (χ3n) is 3.29. The molecule has 5 nitrogen and oxygen atoms in total. The number of nitrogens with one attached hydrogen (secondary N) is 1. The van der Waals surface area contributed by atoms with Crippen LogP contribution in [-0.2, 0) is 16.0 Å². The van der Waals surface area contributed by atoms with Crippen LogP contribution in [0.15, 0.2) is 18.2 Å². The molecule has 1 atom stereocenters. The van der Waals surface area contributed by atoms with E-state index in [2.05, 4.69) is 5.43 Å². The molecule has 1 N–H and O–H groups in total. The van der Waals surface area contributed by atoms with Gasteiger partial charge in [-0.2, -0.15) is 0 Å². The van der Waals surface area contributed by atoms with Gasteiger partial charge in [0, 0.05) is 25.1 Å². The van der Waals surface area contributed by atoms with Gasteiger partial charge in [0.15, 0.2) is 17.7 Å². The fraction of sp³-hybridized carbons (Fsp3) is 0.462. The Bertz CT molecular complexity index is 489. The Morgan fingerprint density at radius 3 is 2.89 bits per heavy atom. The molecule has 0 saturated carbocycles. The molecule has 1 fully saturated rings. The number of morpholine rings is 1. The van der Waals surface area contributed by atoms with Crippen molar-refractivity contribution >= 4 is 5.91 Å². The normalized spacial score (nSPS) is 22.7. The lowest BCUT2D eigenvalue weighted by Gasteiger charge is -2.27. The maximum absolute atomic E-state index is 13.5. The minimum atomic E-state index is -0.658. The summed E-state index contributed by atoms with van der Waals surface area (Å²) >= 11 is 0. The predicted octanol–water partition coefficient (Wildman–Crippen LogP) is 0.493. The van der Waals surface area contributed by atoms with Crippen LogP contribution in [0.5, 0.6) is 5.75 Å². The molecule has 1 aromatic rings. The van der Waals surface area contributed by atoms with E-state index in [-0.39, 0.29) is 11.7 Å². The Morgan fingerprint density at radius 2 is 2.16 bits per heavy atom. The molecule has 0 aromatic heterocycles. The second-order valence-corrected chi connectivity index (χ2v) is 4.61. The van der Waals surface area contributed by atoms with Gasteiger partial charge in [0.25, 0.3) is 5.91 Å². The number of carbonyl (C=O) groups is 1. The van der Waals surface area contributed by atoms with Gasteiger partial charge in [0.2, 0.25) is 0 Å². The second-order valence-electron chi connectivity index (χ2n) is 4.61. The van der Waals surface area contributed by atoms with Crippen LogP contribution in [0.3, 0.4) is 0 Å². The van der Waals surface area contributed by atoms with Crippen molar-refractivity contribution in [2.45, 2.75) is 12.5 Å². The standard InChI is InChI=1S/C13H15FN2O3/c14-10-3-1-2-9-8-11(19-12(9)10)13(17)15-16-4-6-18-7-5-16/h1-3,11H,4-8H2,(H,15,17)/t11-/m1/s1. The summed E-state index contributed by atoms with van der Waals surface area (Å²) in [7, 11) is 0. The highest BCUT2D eigenvalue weighted by atomic mass is 19.1. The topological polar surface area (TPSA) is 50.8 Å². The van der Waals surface area contributed by atoms with Crippen LogP contribution < -0.4 is 10.2 Å². The molecule has 0 radical (unpaired) electrons. The Labute approximate surface area is 110 Å². The summed E-state index contributed by atoms with van der Waals surface area (Å²) in [4.78, 5) is 12.1. The van der Waals surface area contributed by atoms with Gasteiger partial charge < -0.3 is 9.47 Å². The van der Waals surface area contributed by atoms with Crippen molar-refractivity contribution in [3.05, 3.63) is 29.6 Å². The number of hydrogen-bond donors (Lipinski definition) is 1. The van der Waals surface area contributed by atoms with Crippen LogP contribution in [0.25, 0.3) is 0 Å². The number of hydrazine groups is 1. The number of hydrogen-bond acceptors (Lipinski definition) is 4. The first kappa shape index (κ1) is 12.4. The molecule has 1 aromatic carbocycles. The van der Waals surface area contributed by atoms with E-state index in [9.17, 15) is 9.18 Å². The van der Waals surface area contributed by atoms with Crippen molar-refractivity contribution in [2.75, 3.05) is 26.3 Å². The summed E-state index contributed by atoms with van der Waals surface area (Å²) in [5, 5.41) is 1.80. The summed E-state index contributed by atoms with van der Waals surface area (Å²) in [6.45, 7) is 2.50. The number of para-hydroxylation sites is 1. The molecular weight excluding hydrogens is 251 g/mol. The third-order valence-corrected chi connectivity index (χ3v) is 3.29. The highest BCUT2D eigenvalue weighted by Crippen LogP contribution is 2.31. The zero-order valence-corrected chi connectivity index (χ0v) is 10.4. The first-order valence-corrected chi connectivity index (χ1v) is 6.31. The first-order chi connectivity index (χ1) is 9.24. The van der Waals surface area contributed by atoms with Gasteiger partial charge in [-0.25, -0.2) is 9.40 Å². The molecule has 0 spiro atoms. The maximum atomic E-state index is 13.5. The van der Waals surface area contributed by atoms with Crippen molar-refractivity contribution in [1.29, 1.82) is 0 Å². The summed E-state index contributed by atoms with van der Waals surface area (Å²) in [6.07, 6.45) is -0.252. The van der Waals surface area contributed by atoms with Crippen molar-refractivity contribution in [3.8, 4) is 5.75 Å². The van der Waals surface area contributed by atoms with Gasteiger partial charge >= 0.3 is 0 Å². The van der Waals surface area contributed by atoms with Crippen LogP contribution in [-0.4, -0.2) is 43.3 Å². The van der Waals surface area contributed by atoms with Crippen molar-refractivity contribution in [2.24, 2.45) is 0 Å². The minimum absolute atomic E-state index is 0.199. The van der Waals surface area contributed by atoms with E-state index < -0.39 is 11.9 Å².